The normalized spacial score (nSPS) is 19.4. The minimum Gasteiger partial charge on any atom is -0.507 e. The molecule has 10 nitrogen and oxygen atoms in total. The van der Waals surface area contributed by atoms with E-state index in [2.05, 4.69) is 10.6 Å². The number of phenolic OH excluding ortho intramolecular Hbond substituents is 2. The lowest BCUT2D eigenvalue weighted by Gasteiger charge is -2.29. The molecular weight excluding hydrogens is 480 g/mol. The zero-order valence-corrected chi connectivity index (χ0v) is 20.9. The van der Waals surface area contributed by atoms with E-state index in [1.165, 1.54) is 27.9 Å². The van der Waals surface area contributed by atoms with Gasteiger partial charge in [-0.15, -0.1) is 0 Å². The van der Waals surface area contributed by atoms with Gasteiger partial charge in [0, 0.05) is 35.8 Å². The molecule has 4 N–H and O–H groups in total. The first kappa shape index (κ1) is 25.6. The van der Waals surface area contributed by atoms with Gasteiger partial charge in [-0.25, -0.2) is 0 Å². The number of phenols is 2. The van der Waals surface area contributed by atoms with Crippen LogP contribution < -0.4 is 15.4 Å². The molecule has 1 heterocycles. The molecule has 4 rings (SSSR count). The Hall–Kier alpha value is -4.44. The van der Waals surface area contributed by atoms with Crippen molar-refractivity contribution in [1.82, 2.24) is 0 Å². The number of benzene rings is 2. The van der Waals surface area contributed by atoms with E-state index in [1.54, 1.807) is 31.2 Å². The summed E-state index contributed by atoms with van der Waals surface area (Å²) in [6.45, 7) is 5.64. The molecule has 1 atom stereocenters. The second kappa shape index (κ2) is 9.21. The van der Waals surface area contributed by atoms with Crippen molar-refractivity contribution in [3.05, 3.63) is 64.1 Å². The Bertz CT molecular complexity index is 1440. The Morgan fingerprint density at radius 1 is 1.03 bits per heavy atom. The standard InChI is InChI=1S/C27H26N2O8/c1-12-23(33)21(14(3)30)25-22(24(12)34)27(4)18(37-25)10-17(31)20(26(27)35)13(2)28-15-6-8-16(9-7-15)29-19(32)11-36-5/h6-10,28,33-34H,11H2,1-5H3,(H,29,32)/b20-13+/t27-/m0/s1. The predicted molar refractivity (Wildman–Crippen MR) is 134 cm³/mol. The van der Waals surface area contributed by atoms with Crippen LogP contribution in [0.4, 0.5) is 11.4 Å². The van der Waals surface area contributed by atoms with Crippen LogP contribution in [-0.4, -0.2) is 47.2 Å². The lowest BCUT2D eigenvalue weighted by atomic mass is 9.70. The Labute approximate surface area is 212 Å². The summed E-state index contributed by atoms with van der Waals surface area (Å²) in [6.07, 6.45) is 1.16. The van der Waals surface area contributed by atoms with Gasteiger partial charge < -0.3 is 30.3 Å². The second-order valence-electron chi connectivity index (χ2n) is 9.07. The van der Waals surface area contributed by atoms with Crippen LogP contribution in [0.2, 0.25) is 0 Å². The molecular formula is C27H26N2O8. The summed E-state index contributed by atoms with van der Waals surface area (Å²) in [5.41, 5.74) is -0.494. The van der Waals surface area contributed by atoms with E-state index in [4.69, 9.17) is 9.47 Å². The molecule has 0 saturated heterocycles. The van der Waals surface area contributed by atoms with Crippen molar-refractivity contribution in [3.8, 4) is 17.2 Å². The van der Waals surface area contributed by atoms with Crippen LogP contribution in [0, 0.1) is 6.92 Å². The highest BCUT2D eigenvalue weighted by molar-refractivity contribution is 6.31. The van der Waals surface area contributed by atoms with Crippen molar-refractivity contribution in [1.29, 1.82) is 0 Å². The number of anilines is 2. The summed E-state index contributed by atoms with van der Waals surface area (Å²) in [5, 5.41) is 27.1. The average molecular weight is 507 g/mol. The van der Waals surface area contributed by atoms with Crippen LogP contribution in [0.5, 0.6) is 17.2 Å². The number of Topliss-reactive ketones (excluding diaryl/α,β-unsaturated/α-hetero) is 2. The smallest absolute Gasteiger partial charge is 0.250 e. The molecule has 192 valence electrons. The van der Waals surface area contributed by atoms with Gasteiger partial charge in [0.15, 0.2) is 17.3 Å². The minimum atomic E-state index is -1.59. The lowest BCUT2D eigenvalue weighted by Crippen LogP contribution is -2.40. The number of amides is 1. The zero-order valence-electron chi connectivity index (χ0n) is 20.9. The number of methoxy groups -OCH3 is 1. The molecule has 2 aromatic rings. The summed E-state index contributed by atoms with van der Waals surface area (Å²) in [4.78, 5) is 50.9. The third-order valence-corrected chi connectivity index (χ3v) is 6.54. The summed E-state index contributed by atoms with van der Waals surface area (Å²) in [7, 11) is 1.42. The lowest BCUT2D eigenvalue weighted by molar-refractivity contribution is -0.123. The average Bonchev–Trinajstić information content (AvgIpc) is 3.12. The molecule has 10 heteroatoms. The van der Waals surface area contributed by atoms with Crippen molar-refractivity contribution >= 4 is 34.6 Å². The number of hydrogen-bond acceptors (Lipinski definition) is 9. The molecule has 0 radical (unpaired) electrons. The number of carbonyl (C=O) groups excluding carboxylic acids is 4. The van der Waals surface area contributed by atoms with E-state index < -0.39 is 28.5 Å². The summed E-state index contributed by atoms with van der Waals surface area (Å²) >= 11 is 0. The first-order valence-corrected chi connectivity index (χ1v) is 11.4. The monoisotopic (exact) mass is 506 g/mol. The number of hydrogen-bond donors (Lipinski definition) is 4. The molecule has 0 bridgehead atoms. The maximum Gasteiger partial charge on any atom is 0.250 e. The summed E-state index contributed by atoms with van der Waals surface area (Å²) < 4.78 is 10.5. The number of fused-ring (bicyclic) bond motifs is 3. The number of ketones is 3. The van der Waals surface area contributed by atoms with E-state index in [-0.39, 0.29) is 57.7 Å². The predicted octanol–water partition coefficient (Wildman–Crippen LogP) is 3.27. The van der Waals surface area contributed by atoms with E-state index in [1.807, 2.05) is 0 Å². The Morgan fingerprint density at radius 3 is 2.19 bits per heavy atom. The van der Waals surface area contributed by atoms with E-state index in [0.29, 0.717) is 11.4 Å². The molecule has 1 aliphatic carbocycles. The maximum absolute atomic E-state index is 13.8. The van der Waals surface area contributed by atoms with Gasteiger partial charge in [-0.2, -0.15) is 0 Å². The highest BCUT2D eigenvalue weighted by Gasteiger charge is 2.56. The number of rotatable bonds is 6. The van der Waals surface area contributed by atoms with Crippen LogP contribution in [-0.2, 0) is 24.5 Å². The number of nitrogens with one attached hydrogen (secondary N) is 2. The van der Waals surface area contributed by atoms with E-state index >= 15 is 0 Å². The van der Waals surface area contributed by atoms with Crippen molar-refractivity contribution in [2.75, 3.05) is 24.4 Å². The van der Waals surface area contributed by atoms with Crippen LogP contribution >= 0.6 is 0 Å². The van der Waals surface area contributed by atoms with Gasteiger partial charge in [0.25, 0.3) is 0 Å². The van der Waals surface area contributed by atoms with Gasteiger partial charge in [0.2, 0.25) is 5.91 Å². The molecule has 1 aliphatic heterocycles. The quantitative estimate of drug-likeness (QED) is 0.263. The van der Waals surface area contributed by atoms with Gasteiger partial charge >= 0.3 is 0 Å². The van der Waals surface area contributed by atoms with Gasteiger partial charge in [-0.1, -0.05) is 0 Å². The molecule has 0 spiro atoms. The van der Waals surface area contributed by atoms with Crippen molar-refractivity contribution in [2.24, 2.45) is 0 Å². The first-order valence-electron chi connectivity index (χ1n) is 11.4. The largest absolute Gasteiger partial charge is 0.507 e. The van der Waals surface area contributed by atoms with Gasteiger partial charge in [-0.3, -0.25) is 19.2 Å². The number of carbonyl (C=O) groups is 4. The third-order valence-electron chi connectivity index (χ3n) is 6.54. The Kier molecular flexibility index (Phi) is 6.39. The van der Waals surface area contributed by atoms with Crippen LogP contribution in [0.3, 0.4) is 0 Å². The van der Waals surface area contributed by atoms with Crippen LogP contribution in [0.25, 0.3) is 0 Å². The zero-order chi connectivity index (χ0) is 27.2. The number of aromatic hydroxyl groups is 2. The van der Waals surface area contributed by atoms with Gasteiger partial charge in [0.05, 0.1) is 11.1 Å². The van der Waals surface area contributed by atoms with Crippen molar-refractivity contribution in [2.45, 2.75) is 33.1 Å². The van der Waals surface area contributed by atoms with Crippen molar-refractivity contribution < 1.29 is 38.9 Å². The number of ether oxygens (including phenoxy) is 2. The van der Waals surface area contributed by atoms with Crippen LogP contribution in [0.1, 0.15) is 42.3 Å². The van der Waals surface area contributed by atoms with Crippen LogP contribution in [0.15, 0.2) is 47.4 Å². The molecule has 2 aromatic carbocycles. The molecule has 0 fully saturated rings. The second-order valence-corrected chi connectivity index (χ2v) is 9.07. The molecule has 0 unspecified atom stereocenters. The van der Waals surface area contributed by atoms with E-state index in [0.717, 1.165) is 6.08 Å². The number of allylic oxidation sites excluding steroid dienone is 4. The molecule has 2 aliphatic rings. The third kappa shape index (κ3) is 4.05. The fourth-order valence-corrected chi connectivity index (χ4v) is 4.61. The molecule has 0 aromatic heterocycles. The Balaban J connectivity index is 1.73. The van der Waals surface area contributed by atoms with E-state index in [9.17, 15) is 29.4 Å². The van der Waals surface area contributed by atoms with Gasteiger partial charge in [0.1, 0.15) is 40.6 Å². The first-order chi connectivity index (χ1) is 17.4. The topological polar surface area (TPSA) is 151 Å². The fraction of sp³-hybridized carbons (Fsp3) is 0.259. The minimum absolute atomic E-state index is 0.0257. The highest BCUT2D eigenvalue weighted by Crippen LogP contribution is 2.57. The SMILES string of the molecule is COCC(=O)Nc1ccc(N/C(C)=C2\C(=O)C=C3Oc4c(C(C)=O)c(O)c(C)c(O)c4[C@@]3(C)C2=O)cc1. The summed E-state index contributed by atoms with van der Waals surface area (Å²) in [6, 6.07) is 6.63. The van der Waals surface area contributed by atoms with Crippen molar-refractivity contribution in [3.63, 3.8) is 0 Å². The summed E-state index contributed by atoms with van der Waals surface area (Å²) in [5.74, 6) is -3.07. The van der Waals surface area contributed by atoms with Gasteiger partial charge in [-0.05, 0) is 52.0 Å². The molecule has 1 amide bonds. The Morgan fingerprint density at radius 2 is 1.62 bits per heavy atom. The molecule has 0 saturated carbocycles. The fourth-order valence-electron chi connectivity index (χ4n) is 4.61. The maximum atomic E-state index is 13.8. The highest BCUT2D eigenvalue weighted by atomic mass is 16.5. The molecule has 37 heavy (non-hydrogen) atoms.